The second kappa shape index (κ2) is 4.55. The molecule has 1 heterocycles. The molecular formula is C12H11N3O. The van der Waals surface area contributed by atoms with Crippen molar-refractivity contribution >= 4 is 6.08 Å². The molecule has 0 aliphatic rings. The largest absolute Gasteiger partial charge is 0.241 e. The zero-order valence-electron chi connectivity index (χ0n) is 8.87. The zero-order valence-corrected chi connectivity index (χ0v) is 8.87. The molecule has 1 unspecified atom stereocenters. The predicted octanol–water partition coefficient (Wildman–Crippen LogP) is 2.27. The summed E-state index contributed by atoms with van der Waals surface area (Å²) in [7, 11) is 0. The molecular weight excluding hydrogens is 202 g/mol. The van der Waals surface area contributed by atoms with Crippen LogP contribution in [0.5, 0.6) is 0 Å². The van der Waals surface area contributed by atoms with E-state index in [2.05, 4.69) is 10.1 Å². The Morgan fingerprint density at radius 2 is 2.12 bits per heavy atom. The second-order valence-electron chi connectivity index (χ2n) is 3.44. The highest BCUT2D eigenvalue weighted by Gasteiger charge is 2.03. The highest BCUT2D eigenvalue weighted by Crippen LogP contribution is 2.17. The molecule has 0 saturated heterocycles. The van der Waals surface area contributed by atoms with Gasteiger partial charge in [0.05, 0.1) is 11.7 Å². The lowest BCUT2D eigenvalue weighted by molar-refractivity contribution is 0.559. The van der Waals surface area contributed by atoms with E-state index >= 15 is 0 Å². The third kappa shape index (κ3) is 2.07. The lowest BCUT2D eigenvalue weighted by Gasteiger charge is -2.06. The van der Waals surface area contributed by atoms with Gasteiger partial charge in [0.25, 0.3) is 0 Å². The molecule has 0 aliphatic heterocycles. The summed E-state index contributed by atoms with van der Waals surface area (Å²) in [6, 6.07) is 9.47. The minimum Gasteiger partial charge on any atom is -0.241 e. The first kappa shape index (κ1) is 10.3. The van der Waals surface area contributed by atoms with Crippen molar-refractivity contribution in [3.05, 3.63) is 48.3 Å². The van der Waals surface area contributed by atoms with Crippen LogP contribution in [0.3, 0.4) is 0 Å². The summed E-state index contributed by atoms with van der Waals surface area (Å²) in [6.45, 7) is 1.85. The smallest absolute Gasteiger partial charge is 0.235 e. The minimum absolute atomic E-state index is 0.149. The standard InChI is InChI=1S/C12H11N3O/c1-10(13-9-16)11-3-5-12(6-4-11)15-8-2-7-14-15/h2-8,10H,1H3. The first-order valence-electron chi connectivity index (χ1n) is 4.98. The van der Waals surface area contributed by atoms with Gasteiger partial charge in [0, 0.05) is 12.4 Å². The van der Waals surface area contributed by atoms with Gasteiger partial charge in [0.15, 0.2) is 0 Å². The van der Waals surface area contributed by atoms with Crippen LogP contribution in [0.15, 0.2) is 47.7 Å². The third-order valence-corrected chi connectivity index (χ3v) is 2.39. The fourth-order valence-corrected chi connectivity index (χ4v) is 1.48. The Morgan fingerprint density at radius 3 is 2.69 bits per heavy atom. The van der Waals surface area contributed by atoms with Gasteiger partial charge in [-0.2, -0.15) is 10.1 Å². The van der Waals surface area contributed by atoms with E-state index in [1.54, 1.807) is 17.0 Å². The summed E-state index contributed by atoms with van der Waals surface area (Å²) in [6.07, 6.45) is 5.17. The molecule has 0 fully saturated rings. The number of isocyanates is 1. The molecule has 4 heteroatoms. The Morgan fingerprint density at radius 1 is 1.38 bits per heavy atom. The molecule has 1 aromatic carbocycles. The molecule has 4 nitrogen and oxygen atoms in total. The van der Waals surface area contributed by atoms with Crippen molar-refractivity contribution < 1.29 is 4.79 Å². The van der Waals surface area contributed by atoms with Gasteiger partial charge in [-0.1, -0.05) is 12.1 Å². The van der Waals surface area contributed by atoms with Gasteiger partial charge in [0.1, 0.15) is 0 Å². The Labute approximate surface area is 93.2 Å². The highest BCUT2D eigenvalue weighted by atomic mass is 16.1. The molecule has 0 N–H and O–H groups in total. The van der Waals surface area contributed by atoms with E-state index < -0.39 is 0 Å². The molecule has 0 saturated carbocycles. The monoisotopic (exact) mass is 213 g/mol. The van der Waals surface area contributed by atoms with Crippen molar-refractivity contribution in [1.29, 1.82) is 0 Å². The predicted molar refractivity (Wildman–Crippen MR) is 60.1 cm³/mol. The molecule has 0 aliphatic carbocycles. The quantitative estimate of drug-likeness (QED) is 0.580. The van der Waals surface area contributed by atoms with E-state index in [4.69, 9.17) is 0 Å². The van der Waals surface area contributed by atoms with Crippen molar-refractivity contribution in [1.82, 2.24) is 9.78 Å². The first-order valence-corrected chi connectivity index (χ1v) is 4.98. The maximum absolute atomic E-state index is 10.1. The van der Waals surface area contributed by atoms with E-state index in [-0.39, 0.29) is 6.04 Å². The Balaban J connectivity index is 2.26. The first-order chi connectivity index (χ1) is 7.81. The van der Waals surface area contributed by atoms with Crippen LogP contribution in [0.2, 0.25) is 0 Å². The fraction of sp³-hybridized carbons (Fsp3) is 0.167. The van der Waals surface area contributed by atoms with E-state index in [1.807, 2.05) is 43.5 Å². The number of rotatable bonds is 3. The highest BCUT2D eigenvalue weighted by molar-refractivity contribution is 5.38. The molecule has 1 atom stereocenters. The molecule has 0 radical (unpaired) electrons. The van der Waals surface area contributed by atoms with E-state index in [9.17, 15) is 4.79 Å². The third-order valence-electron chi connectivity index (χ3n) is 2.39. The van der Waals surface area contributed by atoms with Crippen LogP contribution in [0.1, 0.15) is 18.5 Å². The fourth-order valence-electron chi connectivity index (χ4n) is 1.48. The number of nitrogens with zero attached hydrogens (tertiary/aromatic N) is 3. The van der Waals surface area contributed by atoms with Gasteiger partial charge >= 0.3 is 0 Å². The number of aliphatic imine (C=N–C) groups is 1. The SMILES string of the molecule is CC(N=C=O)c1ccc(-n2cccn2)cc1. The normalized spacial score (nSPS) is 11.8. The van der Waals surface area contributed by atoms with Crippen LogP contribution >= 0.6 is 0 Å². The van der Waals surface area contributed by atoms with Gasteiger partial charge < -0.3 is 0 Å². The summed E-state index contributed by atoms with van der Waals surface area (Å²) in [4.78, 5) is 13.8. The Bertz CT molecular complexity index is 496. The van der Waals surface area contributed by atoms with Crippen molar-refractivity contribution in [3.8, 4) is 5.69 Å². The van der Waals surface area contributed by atoms with Crippen LogP contribution in [-0.4, -0.2) is 15.9 Å². The van der Waals surface area contributed by atoms with E-state index in [1.165, 1.54) is 0 Å². The van der Waals surface area contributed by atoms with Crippen LogP contribution in [-0.2, 0) is 4.79 Å². The average Bonchev–Trinajstić information content (AvgIpc) is 2.83. The number of carbonyl (C=O) groups excluding carboxylic acids is 1. The van der Waals surface area contributed by atoms with Crippen LogP contribution in [0.4, 0.5) is 0 Å². The van der Waals surface area contributed by atoms with Gasteiger partial charge in [-0.05, 0) is 30.7 Å². The molecule has 80 valence electrons. The molecule has 0 spiro atoms. The Hall–Kier alpha value is -2.19. The van der Waals surface area contributed by atoms with Gasteiger partial charge in [-0.3, -0.25) is 0 Å². The summed E-state index contributed by atoms with van der Waals surface area (Å²) in [5.41, 5.74) is 1.97. The lowest BCUT2D eigenvalue weighted by Crippen LogP contribution is -1.95. The summed E-state index contributed by atoms with van der Waals surface area (Å²) in [5.74, 6) is 0. The molecule has 0 bridgehead atoms. The van der Waals surface area contributed by atoms with Crippen LogP contribution < -0.4 is 0 Å². The van der Waals surface area contributed by atoms with Crippen molar-refractivity contribution in [2.75, 3.05) is 0 Å². The molecule has 2 rings (SSSR count). The van der Waals surface area contributed by atoms with Gasteiger partial charge in [0.2, 0.25) is 6.08 Å². The maximum atomic E-state index is 10.1. The number of aromatic nitrogens is 2. The summed E-state index contributed by atoms with van der Waals surface area (Å²) < 4.78 is 1.78. The maximum Gasteiger partial charge on any atom is 0.235 e. The number of hydrogen-bond donors (Lipinski definition) is 0. The number of hydrogen-bond acceptors (Lipinski definition) is 3. The van der Waals surface area contributed by atoms with Gasteiger partial charge in [-0.25, -0.2) is 9.48 Å². The average molecular weight is 213 g/mol. The molecule has 16 heavy (non-hydrogen) atoms. The second-order valence-corrected chi connectivity index (χ2v) is 3.44. The minimum atomic E-state index is -0.149. The summed E-state index contributed by atoms with van der Waals surface area (Å²) in [5, 5.41) is 4.13. The van der Waals surface area contributed by atoms with Crippen molar-refractivity contribution in [3.63, 3.8) is 0 Å². The topological polar surface area (TPSA) is 47.2 Å². The lowest BCUT2D eigenvalue weighted by atomic mass is 10.1. The van der Waals surface area contributed by atoms with Crippen LogP contribution in [0, 0.1) is 0 Å². The molecule has 0 amide bonds. The van der Waals surface area contributed by atoms with E-state index in [0.717, 1.165) is 11.3 Å². The summed E-state index contributed by atoms with van der Waals surface area (Å²) >= 11 is 0. The van der Waals surface area contributed by atoms with Crippen LogP contribution in [0.25, 0.3) is 5.69 Å². The molecule has 1 aromatic heterocycles. The number of benzene rings is 1. The Kier molecular flexibility index (Phi) is 2.94. The van der Waals surface area contributed by atoms with Gasteiger partial charge in [-0.15, -0.1) is 0 Å². The van der Waals surface area contributed by atoms with Crippen molar-refractivity contribution in [2.45, 2.75) is 13.0 Å². The zero-order chi connectivity index (χ0) is 11.4. The van der Waals surface area contributed by atoms with E-state index in [0.29, 0.717) is 0 Å². The van der Waals surface area contributed by atoms with Crippen molar-refractivity contribution in [2.24, 2.45) is 4.99 Å². The molecule has 2 aromatic rings.